The Balaban J connectivity index is 2.01. The number of hydrogen-bond donors (Lipinski definition) is 0. The lowest BCUT2D eigenvalue weighted by Gasteiger charge is -2.22. The van der Waals surface area contributed by atoms with Gasteiger partial charge >= 0.3 is 0 Å². The van der Waals surface area contributed by atoms with E-state index >= 15 is 0 Å². The van der Waals surface area contributed by atoms with Gasteiger partial charge in [0.05, 0.1) is 18.8 Å². The van der Waals surface area contributed by atoms with E-state index in [0.29, 0.717) is 4.58 Å². The van der Waals surface area contributed by atoms with Crippen molar-refractivity contribution >= 4 is 34.3 Å². The molecule has 1 aliphatic heterocycles. The van der Waals surface area contributed by atoms with Crippen molar-refractivity contribution in [1.82, 2.24) is 0 Å². The highest BCUT2D eigenvalue weighted by Crippen LogP contribution is 2.41. The molecular formula is C21H26O2S2. The molecule has 0 N–H and O–H groups in total. The highest BCUT2D eigenvalue weighted by Gasteiger charge is 2.19. The van der Waals surface area contributed by atoms with Gasteiger partial charge in [0.1, 0.15) is 11.5 Å². The summed E-state index contributed by atoms with van der Waals surface area (Å²) in [6, 6.07) is 8.32. The van der Waals surface area contributed by atoms with Crippen LogP contribution in [0.5, 0.6) is 11.5 Å². The molecule has 0 aromatic heterocycles. The second-order valence-corrected chi connectivity index (χ2v) is 9.02. The lowest BCUT2D eigenvalue weighted by Crippen LogP contribution is -2.08. The van der Waals surface area contributed by atoms with Gasteiger partial charge in [-0.3, -0.25) is 0 Å². The van der Waals surface area contributed by atoms with Gasteiger partial charge in [-0.25, -0.2) is 0 Å². The molecule has 0 unspecified atom stereocenters. The fraction of sp³-hybridized carbons (Fsp3) is 0.429. The second kappa shape index (κ2) is 8.41. The fourth-order valence-corrected chi connectivity index (χ4v) is 6.32. The number of fused-ring (bicyclic) bond motifs is 1. The van der Waals surface area contributed by atoms with Crippen molar-refractivity contribution in [3.8, 4) is 11.5 Å². The molecule has 3 rings (SSSR count). The molecule has 1 aliphatic rings. The average molecular weight is 375 g/mol. The van der Waals surface area contributed by atoms with E-state index < -0.39 is 0 Å². The number of ether oxygens (including phenoxy) is 2. The summed E-state index contributed by atoms with van der Waals surface area (Å²) < 4.78 is 12.2. The van der Waals surface area contributed by atoms with Gasteiger partial charge in [0, 0.05) is 16.3 Å². The Bertz CT molecular complexity index is 777. The summed E-state index contributed by atoms with van der Waals surface area (Å²) >= 11 is 4.14. The summed E-state index contributed by atoms with van der Waals surface area (Å²) in [6.45, 7) is 4.40. The van der Waals surface area contributed by atoms with E-state index in [-0.39, 0.29) is 0 Å². The Morgan fingerprint density at radius 3 is 2.28 bits per heavy atom. The van der Waals surface area contributed by atoms with Crippen LogP contribution in [-0.2, 0) is 6.42 Å². The molecule has 0 bridgehead atoms. The van der Waals surface area contributed by atoms with Crippen LogP contribution in [-0.4, -0.2) is 30.3 Å². The van der Waals surface area contributed by atoms with Crippen molar-refractivity contribution in [2.24, 2.45) is 0 Å². The normalized spacial score (nSPS) is 16.2. The SMILES string of the molecule is COc1c(C)c(C/C=C(\C)C2SCCCS2)c(OC)c2ccccc12. The van der Waals surface area contributed by atoms with Crippen molar-refractivity contribution in [3.05, 3.63) is 47.0 Å². The number of thioether (sulfide) groups is 2. The van der Waals surface area contributed by atoms with Crippen LogP contribution in [0.1, 0.15) is 24.5 Å². The Labute approximate surface area is 159 Å². The quantitative estimate of drug-likeness (QED) is 0.611. The third-order valence-corrected chi connectivity index (χ3v) is 7.93. The van der Waals surface area contributed by atoms with Gasteiger partial charge in [-0.15, -0.1) is 23.5 Å². The standard InChI is InChI=1S/C21H26O2S2/c1-14(21-24-12-7-13-25-21)10-11-16-15(2)19(22-3)17-8-5-6-9-18(17)20(16)23-4/h5-6,8-10,21H,7,11-13H2,1-4H3/b14-10+. The smallest absolute Gasteiger partial charge is 0.130 e. The zero-order valence-corrected chi connectivity index (χ0v) is 17.1. The third kappa shape index (κ3) is 3.80. The lowest BCUT2D eigenvalue weighted by molar-refractivity contribution is 0.404. The van der Waals surface area contributed by atoms with Gasteiger partial charge in [0.25, 0.3) is 0 Å². The van der Waals surface area contributed by atoms with Crippen molar-refractivity contribution in [2.45, 2.75) is 31.3 Å². The predicted octanol–water partition coefficient (Wildman–Crippen LogP) is 5.85. The Morgan fingerprint density at radius 1 is 1.08 bits per heavy atom. The molecule has 2 aromatic rings. The highest BCUT2D eigenvalue weighted by molar-refractivity contribution is 8.17. The number of benzene rings is 2. The van der Waals surface area contributed by atoms with Crippen molar-refractivity contribution in [2.75, 3.05) is 25.7 Å². The van der Waals surface area contributed by atoms with Gasteiger partial charge in [-0.2, -0.15) is 0 Å². The molecule has 1 heterocycles. The van der Waals surface area contributed by atoms with Crippen molar-refractivity contribution < 1.29 is 9.47 Å². The maximum atomic E-state index is 5.82. The van der Waals surface area contributed by atoms with Crippen LogP contribution in [0, 0.1) is 6.92 Å². The predicted molar refractivity (Wildman–Crippen MR) is 113 cm³/mol. The first-order valence-corrected chi connectivity index (χ1v) is 10.8. The van der Waals surface area contributed by atoms with E-state index in [1.54, 1.807) is 14.2 Å². The topological polar surface area (TPSA) is 18.5 Å². The summed E-state index contributed by atoms with van der Waals surface area (Å²) in [6.07, 6.45) is 4.57. The number of rotatable bonds is 5. The monoisotopic (exact) mass is 374 g/mol. The molecule has 0 aliphatic carbocycles. The third-order valence-electron chi connectivity index (χ3n) is 4.72. The first-order valence-electron chi connectivity index (χ1n) is 8.69. The van der Waals surface area contributed by atoms with Gasteiger partial charge in [0.15, 0.2) is 0 Å². The second-order valence-electron chi connectivity index (χ2n) is 6.29. The van der Waals surface area contributed by atoms with Crippen LogP contribution in [0.2, 0.25) is 0 Å². The van der Waals surface area contributed by atoms with E-state index in [9.17, 15) is 0 Å². The van der Waals surface area contributed by atoms with Crippen LogP contribution in [0.25, 0.3) is 10.8 Å². The maximum Gasteiger partial charge on any atom is 0.130 e. The van der Waals surface area contributed by atoms with Gasteiger partial charge in [0.2, 0.25) is 0 Å². The van der Waals surface area contributed by atoms with Crippen LogP contribution in [0.15, 0.2) is 35.9 Å². The molecular weight excluding hydrogens is 348 g/mol. The summed E-state index contributed by atoms with van der Waals surface area (Å²) in [4.78, 5) is 0. The van der Waals surface area contributed by atoms with Crippen LogP contribution < -0.4 is 9.47 Å². The van der Waals surface area contributed by atoms with Gasteiger partial charge in [-0.1, -0.05) is 35.9 Å². The molecule has 1 fully saturated rings. The van der Waals surface area contributed by atoms with Crippen molar-refractivity contribution in [1.29, 1.82) is 0 Å². The van der Waals surface area contributed by atoms with Crippen LogP contribution in [0.3, 0.4) is 0 Å². The fourth-order valence-electron chi connectivity index (χ4n) is 3.40. The Kier molecular flexibility index (Phi) is 6.24. The number of hydrogen-bond acceptors (Lipinski definition) is 4. The van der Waals surface area contributed by atoms with E-state index in [2.05, 4.69) is 61.6 Å². The summed E-state index contributed by atoms with van der Waals surface area (Å²) in [5, 5.41) is 2.23. The van der Waals surface area contributed by atoms with Crippen LogP contribution in [0.4, 0.5) is 0 Å². The highest BCUT2D eigenvalue weighted by atomic mass is 32.2. The lowest BCUT2D eigenvalue weighted by atomic mass is 9.96. The zero-order valence-electron chi connectivity index (χ0n) is 15.4. The minimum atomic E-state index is 0.599. The van der Waals surface area contributed by atoms with Gasteiger partial charge in [-0.05, 0) is 43.8 Å². The number of allylic oxidation sites excluding steroid dienone is 1. The zero-order chi connectivity index (χ0) is 17.8. The summed E-state index contributed by atoms with van der Waals surface area (Å²) in [7, 11) is 3.52. The molecule has 0 radical (unpaired) electrons. The average Bonchev–Trinajstić information content (AvgIpc) is 2.66. The Morgan fingerprint density at radius 2 is 1.68 bits per heavy atom. The molecule has 0 spiro atoms. The molecule has 25 heavy (non-hydrogen) atoms. The largest absolute Gasteiger partial charge is 0.496 e. The summed E-state index contributed by atoms with van der Waals surface area (Å²) in [5.74, 6) is 4.48. The van der Waals surface area contributed by atoms with Crippen molar-refractivity contribution in [3.63, 3.8) is 0 Å². The minimum Gasteiger partial charge on any atom is -0.496 e. The Hall–Kier alpha value is -1.26. The molecule has 4 heteroatoms. The van der Waals surface area contributed by atoms with Crippen LogP contribution >= 0.6 is 23.5 Å². The van der Waals surface area contributed by atoms with E-state index in [0.717, 1.165) is 28.7 Å². The first-order chi connectivity index (χ1) is 12.2. The number of methoxy groups -OCH3 is 2. The maximum absolute atomic E-state index is 5.82. The molecule has 1 saturated heterocycles. The minimum absolute atomic E-state index is 0.599. The summed E-state index contributed by atoms with van der Waals surface area (Å²) in [5.41, 5.74) is 3.86. The molecule has 0 saturated carbocycles. The van der Waals surface area contributed by atoms with Gasteiger partial charge < -0.3 is 9.47 Å². The van der Waals surface area contributed by atoms with E-state index in [4.69, 9.17) is 9.47 Å². The van der Waals surface area contributed by atoms with E-state index in [1.165, 1.54) is 34.6 Å². The molecule has 2 aromatic carbocycles. The molecule has 2 nitrogen and oxygen atoms in total. The molecule has 0 amide bonds. The van der Waals surface area contributed by atoms with E-state index in [1.807, 2.05) is 6.07 Å². The molecule has 0 atom stereocenters. The first kappa shape index (κ1) is 18.5. The molecule has 134 valence electrons.